The van der Waals surface area contributed by atoms with E-state index in [1.807, 2.05) is 4.94 Å². The molecule has 1 aromatic rings. The van der Waals surface area contributed by atoms with E-state index < -0.39 is 0 Å². The third-order valence-electron chi connectivity index (χ3n) is 3.40. The quantitative estimate of drug-likeness (QED) is 0.580. The van der Waals surface area contributed by atoms with Gasteiger partial charge in [-0.3, -0.25) is 0 Å². The van der Waals surface area contributed by atoms with E-state index in [9.17, 15) is 19.2 Å². The van der Waals surface area contributed by atoms with Crippen molar-refractivity contribution in [1.82, 2.24) is 0 Å². The van der Waals surface area contributed by atoms with Gasteiger partial charge in [-0.15, -0.1) is 0 Å². The van der Waals surface area contributed by atoms with Gasteiger partial charge in [-0.1, -0.05) is 0 Å². The van der Waals surface area contributed by atoms with Crippen molar-refractivity contribution in [3.63, 3.8) is 0 Å². The Hall–Kier alpha value is -2.10. The molecule has 3 rings (SSSR count). The van der Waals surface area contributed by atoms with Crippen LogP contribution in [0, 0.1) is 0 Å². The average molecular weight is 345 g/mol. The van der Waals surface area contributed by atoms with Gasteiger partial charge in [-0.25, -0.2) is 0 Å². The van der Waals surface area contributed by atoms with Crippen LogP contribution in [0.3, 0.4) is 0 Å². The van der Waals surface area contributed by atoms with Crippen molar-refractivity contribution in [2.45, 2.75) is 12.8 Å². The van der Waals surface area contributed by atoms with Gasteiger partial charge in [0.15, 0.2) is 0 Å². The second kappa shape index (κ2) is 5.35. The van der Waals surface area contributed by atoms with Crippen molar-refractivity contribution in [2.24, 2.45) is 0 Å². The zero-order chi connectivity index (χ0) is 15.0. The molecule has 0 aromatic carbocycles. The Morgan fingerprint density at radius 1 is 0.762 bits per heavy atom. The maximum absolute atomic E-state index is 12.0. The molecule has 2 aliphatic carbocycles. The van der Waals surface area contributed by atoms with E-state index in [0.717, 1.165) is 4.09 Å². The summed E-state index contributed by atoms with van der Waals surface area (Å²) in [4.78, 5) is 49.0. The zero-order valence-electron chi connectivity index (χ0n) is 10.9. The van der Waals surface area contributed by atoms with Crippen LogP contribution >= 0.6 is 0 Å². The Kier molecular flexibility index (Phi) is 3.53. The Morgan fingerprint density at radius 2 is 1.33 bits per heavy atom. The number of allylic oxidation sites excluding steroid dienone is 4. The number of hydrogen-bond donors (Lipinski definition) is 0. The second-order valence-corrected chi connectivity index (χ2v) is 6.72. The minimum atomic E-state index is -0.199. The fourth-order valence-corrected chi connectivity index (χ4v) is 4.42. The van der Waals surface area contributed by atoms with Crippen molar-refractivity contribution >= 4 is 48.8 Å². The average Bonchev–Trinajstić information content (AvgIpc) is 2.93. The van der Waals surface area contributed by atoms with Crippen LogP contribution < -0.4 is 9.31 Å². The van der Waals surface area contributed by atoms with Crippen LogP contribution in [-0.2, 0) is 19.2 Å². The number of ketones is 4. The second-order valence-electron chi connectivity index (χ2n) is 4.80. The van der Waals surface area contributed by atoms with Gasteiger partial charge in [0.2, 0.25) is 0 Å². The Balaban J connectivity index is 2.33. The normalized spacial score (nSPS) is 24.0. The molecule has 1 aromatic heterocycles. The first-order valence-corrected chi connectivity index (χ1v) is 8.21. The van der Waals surface area contributed by atoms with Crippen LogP contribution in [0.1, 0.15) is 12.8 Å². The summed E-state index contributed by atoms with van der Waals surface area (Å²) in [5, 5.41) is 0.657. The molecule has 5 heteroatoms. The molecule has 104 valence electrons. The summed E-state index contributed by atoms with van der Waals surface area (Å²) in [5.41, 5.74) is 0.889. The molecule has 0 fully saturated rings. The first-order valence-electron chi connectivity index (χ1n) is 6.36. The van der Waals surface area contributed by atoms with E-state index in [1.165, 1.54) is 24.3 Å². The summed E-state index contributed by atoms with van der Waals surface area (Å²) in [6, 6.07) is 1.79. The third-order valence-corrected chi connectivity index (χ3v) is 5.45. The molecule has 0 amide bonds. The summed E-state index contributed by atoms with van der Waals surface area (Å²) in [7, 11) is 0. The predicted molar refractivity (Wildman–Crippen MR) is 77.0 cm³/mol. The summed E-state index contributed by atoms with van der Waals surface area (Å²) < 4.78 is 0.761. The van der Waals surface area contributed by atoms with Gasteiger partial charge in [-0.05, 0) is 0 Å². The van der Waals surface area contributed by atoms with E-state index in [4.69, 9.17) is 0 Å². The SMILES string of the molecule is O=C1C=CC(=O)C(=c2cc[se]c2=C2CC(=O)C=CC2=O)C1. The van der Waals surface area contributed by atoms with Gasteiger partial charge in [-0.2, -0.15) is 0 Å². The van der Waals surface area contributed by atoms with E-state index in [2.05, 4.69) is 0 Å². The molecule has 0 aliphatic heterocycles. The summed E-state index contributed by atoms with van der Waals surface area (Å²) >= 11 is -0.0940. The molecule has 0 radical (unpaired) electrons. The molecule has 0 N–H and O–H groups in total. The first-order chi connectivity index (χ1) is 10.1. The van der Waals surface area contributed by atoms with E-state index in [0.29, 0.717) is 16.4 Å². The third kappa shape index (κ3) is 2.58. The van der Waals surface area contributed by atoms with Crippen molar-refractivity contribution in [2.75, 3.05) is 0 Å². The van der Waals surface area contributed by atoms with Gasteiger partial charge in [0.25, 0.3) is 0 Å². The van der Waals surface area contributed by atoms with Gasteiger partial charge in [0, 0.05) is 0 Å². The monoisotopic (exact) mass is 346 g/mol. The van der Waals surface area contributed by atoms with E-state index >= 15 is 0 Å². The zero-order valence-corrected chi connectivity index (χ0v) is 12.6. The summed E-state index contributed by atoms with van der Waals surface area (Å²) in [6.07, 6.45) is 5.23. The Labute approximate surface area is 125 Å². The van der Waals surface area contributed by atoms with Crippen molar-refractivity contribution in [3.8, 4) is 0 Å². The van der Waals surface area contributed by atoms with Crippen molar-refractivity contribution in [1.29, 1.82) is 0 Å². The van der Waals surface area contributed by atoms with Gasteiger partial charge < -0.3 is 0 Å². The molecule has 21 heavy (non-hydrogen) atoms. The number of carbonyl (C=O) groups is 4. The summed E-state index contributed by atoms with van der Waals surface area (Å²) in [5.74, 6) is -0.621. The topological polar surface area (TPSA) is 68.3 Å². The van der Waals surface area contributed by atoms with Crippen molar-refractivity contribution in [3.05, 3.63) is 44.6 Å². The molecular formula is C16H10O4Se. The van der Waals surface area contributed by atoms with Crippen LogP contribution in [0.25, 0.3) is 11.1 Å². The van der Waals surface area contributed by atoms with Gasteiger partial charge in [0.05, 0.1) is 0 Å². The molecule has 4 nitrogen and oxygen atoms in total. The minimum absolute atomic E-state index is 0.0554. The molecule has 0 spiro atoms. The first kappa shape index (κ1) is 13.9. The van der Waals surface area contributed by atoms with Crippen LogP contribution in [0.15, 0.2) is 35.3 Å². The predicted octanol–water partition coefficient (Wildman–Crippen LogP) is -0.759. The van der Waals surface area contributed by atoms with Crippen LogP contribution in [0.2, 0.25) is 0 Å². The molecule has 2 aliphatic rings. The van der Waals surface area contributed by atoms with E-state index in [1.54, 1.807) is 6.07 Å². The van der Waals surface area contributed by atoms with Crippen LogP contribution in [0.5, 0.6) is 0 Å². The van der Waals surface area contributed by atoms with Gasteiger partial charge in [0.1, 0.15) is 0 Å². The maximum atomic E-state index is 12.0. The number of rotatable bonds is 0. The molecule has 0 saturated heterocycles. The fourth-order valence-electron chi connectivity index (χ4n) is 2.38. The summed E-state index contributed by atoms with van der Waals surface area (Å²) in [6.45, 7) is 0. The van der Waals surface area contributed by atoms with E-state index in [-0.39, 0.29) is 50.5 Å². The van der Waals surface area contributed by atoms with Crippen LogP contribution in [0.4, 0.5) is 0 Å². The molecule has 0 saturated carbocycles. The standard InChI is InChI=1S/C16H10O4Se/c17-9-1-3-14(19)12(7-9)11-5-6-21-16(11)13-8-10(18)2-4-15(13)20/h1-6H,7-8H2. The molecule has 0 bridgehead atoms. The number of carbonyl (C=O) groups excluding carboxylic acids is 4. The fraction of sp³-hybridized carbons (Fsp3) is 0.125. The Bertz CT molecular complexity index is 794. The molecular weight excluding hydrogens is 335 g/mol. The van der Waals surface area contributed by atoms with Gasteiger partial charge >= 0.3 is 125 Å². The van der Waals surface area contributed by atoms with Crippen molar-refractivity contribution < 1.29 is 19.2 Å². The molecule has 0 atom stereocenters. The number of hydrogen-bond acceptors (Lipinski definition) is 4. The molecule has 1 heterocycles. The van der Waals surface area contributed by atoms with Crippen LogP contribution in [-0.4, -0.2) is 37.6 Å². The molecule has 0 unspecified atom stereocenters. The Morgan fingerprint density at radius 3 is 2.00 bits per heavy atom.